The van der Waals surface area contributed by atoms with E-state index in [0.717, 1.165) is 6.42 Å². The summed E-state index contributed by atoms with van der Waals surface area (Å²) in [6, 6.07) is 0.651. The fourth-order valence-electron chi connectivity index (χ4n) is 0.380. The van der Waals surface area contributed by atoms with Crippen LogP contribution in [0.25, 0.3) is 0 Å². The Labute approximate surface area is 55.9 Å². The van der Waals surface area contributed by atoms with Gasteiger partial charge in [-0.2, -0.15) is 11.1 Å². The van der Waals surface area contributed by atoms with Crippen LogP contribution in [0, 0.1) is 5.41 Å². The Kier molecular flexibility index (Phi) is 4.13. The molecule has 2 nitrogen and oxygen atoms in total. The first-order valence-electron chi connectivity index (χ1n) is 2.62. The van der Waals surface area contributed by atoms with Crippen LogP contribution in [-0.2, 0) is 0 Å². The van der Waals surface area contributed by atoms with Gasteiger partial charge in [0.05, 0.1) is 0 Å². The van der Waals surface area contributed by atoms with Gasteiger partial charge in [0.1, 0.15) is 0 Å². The average Bonchev–Trinajstić information content (AvgIpc) is 1.65. The summed E-state index contributed by atoms with van der Waals surface area (Å²) in [5.41, 5.74) is 0.680. The molecular weight excluding hydrogens is 140 g/mol. The van der Waals surface area contributed by atoms with Gasteiger partial charge in [-0.1, -0.05) is 6.92 Å². The van der Waals surface area contributed by atoms with Gasteiger partial charge in [-0.25, -0.2) is 0 Å². The van der Waals surface area contributed by atoms with E-state index in [4.69, 9.17) is 21.9 Å². The molecule has 0 aromatic heterocycles. The van der Waals surface area contributed by atoms with Crippen LogP contribution < -0.4 is 5.40 Å². The van der Waals surface area contributed by atoms with E-state index < -0.39 is 8.27 Å². The Morgan fingerprint density at radius 2 is 2.38 bits per heavy atom. The molecule has 0 saturated carbocycles. The molecule has 0 spiro atoms. The van der Waals surface area contributed by atoms with Crippen LogP contribution in [0.2, 0.25) is 6.04 Å². The van der Waals surface area contributed by atoms with Gasteiger partial charge in [0, 0.05) is 11.8 Å². The van der Waals surface area contributed by atoms with Crippen molar-refractivity contribution in [2.45, 2.75) is 19.4 Å². The second-order valence-corrected chi connectivity index (χ2v) is 4.80. The van der Waals surface area contributed by atoms with Crippen molar-refractivity contribution in [2.75, 3.05) is 0 Å². The van der Waals surface area contributed by atoms with Crippen molar-refractivity contribution >= 4 is 25.1 Å². The van der Waals surface area contributed by atoms with Gasteiger partial charge in [0.2, 0.25) is 8.27 Å². The lowest BCUT2D eigenvalue weighted by atomic mass is 10.3. The molecule has 8 heavy (non-hydrogen) atoms. The summed E-state index contributed by atoms with van der Waals surface area (Å²) in [5.74, 6) is 0. The molecule has 0 aliphatic carbocycles. The summed E-state index contributed by atoms with van der Waals surface area (Å²) >= 11 is 5.53. The van der Waals surface area contributed by atoms with Crippen LogP contribution in [0.4, 0.5) is 0 Å². The molecule has 0 aliphatic heterocycles. The number of hydrogen-bond acceptors (Lipinski definition) is 2. The van der Waals surface area contributed by atoms with Gasteiger partial charge in [-0.3, -0.25) is 0 Å². The van der Waals surface area contributed by atoms with Crippen LogP contribution in [0.3, 0.4) is 0 Å². The molecule has 4 heteroatoms. The van der Waals surface area contributed by atoms with Crippen molar-refractivity contribution in [3.05, 3.63) is 0 Å². The number of nitrogens with two attached hydrogens (primary N) is 1. The summed E-state index contributed by atoms with van der Waals surface area (Å²) in [7, 11) is -1.50. The lowest BCUT2D eigenvalue weighted by molar-refractivity contribution is 1.22. The van der Waals surface area contributed by atoms with E-state index in [1.807, 2.05) is 6.92 Å². The summed E-state index contributed by atoms with van der Waals surface area (Å²) in [5, 5.41) is 12.5. The maximum absolute atomic E-state index is 7.14. The fourth-order valence-corrected chi connectivity index (χ4v) is 1.70. The highest BCUT2D eigenvalue weighted by Crippen LogP contribution is 1.94. The van der Waals surface area contributed by atoms with Crippen LogP contribution in [-0.4, -0.2) is 14.0 Å². The molecule has 0 amide bonds. The monoisotopic (exact) mass is 150 g/mol. The number of rotatable bonds is 3. The van der Waals surface area contributed by atoms with Crippen molar-refractivity contribution < 1.29 is 0 Å². The minimum Gasteiger partial charge on any atom is -0.341 e. The summed E-state index contributed by atoms with van der Waals surface area (Å²) in [6.45, 7) is 1.94. The number of nitrogens with one attached hydrogen (secondary N) is 1. The standard InChI is InChI=1S/C4H11ClN2Si/c1-2-4(6)3-8(5)7/h6,8H,2-3,7H2,1H3. The van der Waals surface area contributed by atoms with Crippen molar-refractivity contribution in [1.82, 2.24) is 0 Å². The van der Waals surface area contributed by atoms with E-state index in [2.05, 4.69) is 0 Å². The van der Waals surface area contributed by atoms with E-state index in [1.54, 1.807) is 0 Å². The normalized spacial score (nSPS) is 13.4. The number of hydrogen-bond donors (Lipinski definition) is 2. The summed E-state index contributed by atoms with van der Waals surface area (Å²) < 4.78 is 0. The summed E-state index contributed by atoms with van der Waals surface area (Å²) in [6.07, 6.45) is 0.785. The quantitative estimate of drug-likeness (QED) is 0.350. The molecular formula is C4H11ClN2Si. The maximum atomic E-state index is 7.14. The van der Waals surface area contributed by atoms with Gasteiger partial charge < -0.3 is 10.8 Å². The predicted molar refractivity (Wildman–Crippen MR) is 40.0 cm³/mol. The van der Waals surface area contributed by atoms with Crippen molar-refractivity contribution in [1.29, 1.82) is 5.41 Å². The lowest BCUT2D eigenvalue weighted by Crippen LogP contribution is -2.20. The first kappa shape index (κ1) is 8.14. The highest BCUT2D eigenvalue weighted by Gasteiger charge is 2.01. The molecule has 3 N–H and O–H groups in total. The molecule has 0 fully saturated rings. The SMILES string of the molecule is CCC(=N)C[SiH](N)Cl. The van der Waals surface area contributed by atoms with E-state index in [0.29, 0.717) is 11.8 Å². The second-order valence-electron chi connectivity index (χ2n) is 1.68. The third kappa shape index (κ3) is 4.30. The van der Waals surface area contributed by atoms with Gasteiger partial charge in [-0.15, -0.1) is 0 Å². The van der Waals surface area contributed by atoms with Gasteiger partial charge in [-0.05, 0) is 6.42 Å². The third-order valence-corrected chi connectivity index (χ3v) is 2.21. The molecule has 0 radical (unpaired) electrons. The zero-order valence-corrected chi connectivity index (χ0v) is 6.86. The fraction of sp³-hybridized carbons (Fsp3) is 0.750. The van der Waals surface area contributed by atoms with Crippen molar-refractivity contribution in [2.24, 2.45) is 5.40 Å². The minimum absolute atomic E-state index is 0.651. The third-order valence-electron chi connectivity index (χ3n) is 0.868. The largest absolute Gasteiger partial charge is 0.341 e. The molecule has 48 valence electrons. The zero-order chi connectivity index (χ0) is 6.57. The van der Waals surface area contributed by atoms with E-state index in [-0.39, 0.29) is 0 Å². The second kappa shape index (κ2) is 4.06. The molecule has 0 aromatic carbocycles. The highest BCUT2D eigenvalue weighted by molar-refractivity contribution is 7.06. The lowest BCUT2D eigenvalue weighted by Gasteiger charge is -1.98. The Balaban J connectivity index is 3.25. The van der Waals surface area contributed by atoms with E-state index >= 15 is 0 Å². The topological polar surface area (TPSA) is 49.9 Å². The predicted octanol–water partition coefficient (Wildman–Crippen LogP) is 0.834. The Morgan fingerprint density at radius 3 is 2.50 bits per heavy atom. The number of halogens is 1. The van der Waals surface area contributed by atoms with E-state index in [1.165, 1.54) is 0 Å². The first-order valence-corrected chi connectivity index (χ1v) is 5.85. The molecule has 1 unspecified atom stereocenters. The Morgan fingerprint density at radius 1 is 1.88 bits per heavy atom. The average molecular weight is 151 g/mol. The summed E-state index contributed by atoms with van der Waals surface area (Å²) in [4.78, 5) is 0. The van der Waals surface area contributed by atoms with Gasteiger partial charge in [0.25, 0.3) is 0 Å². The molecule has 0 rings (SSSR count). The van der Waals surface area contributed by atoms with Crippen LogP contribution >= 0.6 is 11.1 Å². The van der Waals surface area contributed by atoms with Crippen LogP contribution in [0.1, 0.15) is 13.3 Å². The molecule has 0 aromatic rings. The zero-order valence-electron chi connectivity index (χ0n) is 4.95. The van der Waals surface area contributed by atoms with Crippen LogP contribution in [0.15, 0.2) is 0 Å². The van der Waals surface area contributed by atoms with Crippen LogP contribution in [0.5, 0.6) is 0 Å². The molecule has 0 bridgehead atoms. The van der Waals surface area contributed by atoms with Crippen molar-refractivity contribution in [3.8, 4) is 0 Å². The highest BCUT2D eigenvalue weighted by atomic mass is 35.6. The molecule has 0 saturated heterocycles. The van der Waals surface area contributed by atoms with Gasteiger partial charge >= 0.3 is 0 Å². The first-order chi connectivity index (χ1) is 3.66. The Hall–Kier alpha value is 0.137. The molecule has 1 atom stereocenters. The molecule has 0 heterocycles. The minimum atomic E-state index is -1.50. The molecule has 0 aliphatic rings. The van der Waals surface area contributed by atoms with Crippen molar-refractivity contribution in [3.63, 3.8) is 0 Å². The van der Waals surface area contributed by atoms with Gasteiger partial charge in [0.15, 0.2) is 0 Å². The maximum Gasteiger partial charge on any atom is 0.214 e. The Bertz CT molecular complexity index is 84.1. The smallest absolute Gasteiger partial charge is 0.214 e. The van der Waals surface area contributed by atoms with E-state index in [9.17, 15) is 0 Å².